The molecule has 0 radical (unpaired) electrons. The van der Waals surface area contributed by atoms with Crippen molar-refractivity contribution in [3.63, 3.8) is 0 Å². The van der Waals surface area contributed by atoms with Gasteiger partial charge in [-0.1, -0.05) is 195 Å². The maximum absolute atomic E-state index is 16.6. The van der Waals surface area contributed by atoms with E-state index in [1.165, 1.54) is 0 Å². The lowest BCUT2D eigenvalue weighted by Crippen LogP contribution is -2.37. The van der Waals surface area contributed by atoms with Gasteiger partial charge in [0.15, 0.2) is 14.3 Å². The van der Waals surface area contributed by atoms with Crippen LogP contribution in [0.1, 0.15) is 11.1 Å². The molecule has 47 heavy (non-hydrogen) atoms. The van der Waals surface area contributed by atoms with Crippen LogP contribution in [-0.2, 0) is 9.13 Å². The summed E-state index contributed by atoms with van der Waals surface area (Å²) >= 11 is 0. The average Bonchev–Trinajstić information content (AvgIpc) is 3.40. The van der Waals surface area contributed by atoms with E-state index in [4.69, 9.17) is 0 Å². The Balaban J connectivity index is 1.70. The van der Waals surface area contributed by atoms with Gasteiger partial charge in [0, 0.05) is 21.2 Å². The Morgan fingerprint density at radius 2 is 0.553 bits per heavy atom. The van der Waals surface area contributed by atoms with Gasteiger partial charge >= 0.3 is 0 Å². The largest absolute Gasteiger partial charge is 0.309 e. The van der Waals surface area contributed by atoms with Crippen LogP contribution in [0.4, 0.5) is 0 Å². The molecule has 0 unspecified atom stereocenters. The molecule has 1 aliphatic rings. The molecule has 2 nitrogen and oxygen atoms in total. The van der Waals surface area contributed by atoms with Crippen LogP contribution in [0.5, 0.6) is 0 Å². The SMILES string of the molecule is C[Si]1(C)C(P(=O)(c2ccccc2)c2ccccc2)=C(c2ccccc2)C(c2ccccc2)=C1P(=O)(c1ccccc1)c1ccccc1. The Morgan fingerprint density at radius 1 is 0.340 bits per heavy atom. The number of hydrogen-bond acceptors (Lipinski definition) is 2. The number of hydrogen-bond donors (Lipinski definition) is 0. The highest BCUT2D eigenvalue weighted by Crippen LogP contribution is 2.71. The highest BCUT2D eigenvalue weighted by atomic mass is 31.2. The molecule has 0 fully saturated rings. The van der Waals surface area contributed by atoms with Crippen LogP contribution in [0.3, 0.4) is 0 Å². The van der Waals surface area contributed by atoms with E-state index in [-0.39, 0.29) is 0 Å². The third-order valence-corrected chi connectivity index (χ3v) is 23.1. The van der Waals surface area contributed by atoms with E-state index < -0.39 is 22.4 Å². The van der Waals surface area contributed by atoms with Gasteiger partial charge in [0.05, 0.1) is 0 Å². The van der Waals surface area contributed by atoms with E-state index in [9.17, 15) is 0 Å². The molecular weight excluding hydrogens is 626 g/mol. The second kappa shape index (κ2) is 12.6. The lowest BCUT2D eigenvalue weighted by Gasteiger charge is -2.35. The molecule has 0 atom stereocenters. The third-order valence-electron chi connectivity index (χ3n) is 9.14. The van der Waals surface area contributed by atoms with E-state index in [2.05, 4.69) is 37.4 Å². The van der Waals surface area contributed by atoms with E-state index in [1.807, 2.05) is 158 Å². The van der Waals surface area contributed by atoms with Gasteiger partial charge in [-0.15, -0.1) is 0 Å². The first-order valence-corrected chi connectivity index (χ1v) is 22.3. The van der Waals surface area contributed by atoms with Crippen molar-refractivity contribution >= 4 is 54.7 Å². The zero-order valence-corrected chi connectivity index (χ0v) is 29.3. The first kappa shape index (κ1) is 31.1. The van der Waals surface area contributed by atoms with Crippen LogP contribution in [0, 0.1) is 0 Å². The quantitative estimate of drug-likeness (QED) is 0.120. The summed E-state index contributed by atoms with van der Waals surface area (Å²) in [4.78, 5) is 1.88. The Kier molecular flexibility index (Phi) is 8.33. The van der Waals surface area contributed by atoms with Gasteiger partial charge in [0.25, 0.3) is 0 Å². The minimum absolute atomic E-state index is 0.790. The normalized spacial score (nSPS) is 14.8. The molecule has 230 valence electrons. The maximum atomic E-state index is 16.6. The molecule has 6 aromatic carbocycles. The van der Waals surface area contributed by atoms with Crippen molar-refractivity contribution in [1.29, 1.82) is 0 Å². The van der Waals surface area contributed by atoms with E-state index in [0.29, 0.717) is 0 Å². The number of rotatable bonds is 8. The fourth-order valence-electron chi connectivity index (χ4n) is 7.21. The monoisotopic (exact) mass is 662 g/mol. The Hall–Kier alpha value is -4.52. The Morgan fingerprint density at radius 3 is 0.787 bits per heavy atom. The van der Waals surface area contributed by atoms with Gasteiger partial charge in [-0.3, -0.25) is 0 Å². The van der Waals surface area contributed by atoms with Gasteiger partial charge in [-0.2, -0.15) is 0 Å². The molecule has 6 aromatic rings. The summed E-state index contributed by atoms with van der Waals surface area (Å²) in [5, 5.41) is 3.16. The zero-order chi connectivity index (χ0) is 32.5. The second-order valence-electron chi connectivity index (χ2n) is 12.4. The summed E-state index contributed by atoms with van der Waals surface area (Å²) in [5.41, 5.74) is 3.87. The lowest BCUT2D eigenvalue weighted by atomic mass is 9.95. The van der Waals surface area contributed by atoms with Crippen molar-refractivity contribution in [2.75, 3.05) is 0 Å². The molecule has 0 bridgehead atoms. The van der Waals surface area contributed by atoms with Crippen molar-refractivity contribution in [2.45, 2.75) is 13.1 Å². The first-order chi connectivity index (χ1) is 22.9. The van der Waals surface area contributed by atoms with Crippen molar-refractivity contribution in [3.05, 3.63) is 203 Å². The molecule has 0 spiro atoms. The van der Waals surface area contributed by atoms with E-state index >= 15 is 9.13 Å². The third kappa shape index (κ3) is 5.20. The lowest BCUT2D eigenvalue weighted by molar-refractivity contribution is 0.591. The molecule has 1 aliphatic heterocycles. The molecular formula is C42H36O2P2Si. The molecule has 0 N–H and O–H groups in total. The van der Waals surface area contributed by atoms with Gasteiger partial charge in [-0.05, 0) is 32.1 Å². The van der Waals surface area contributed by atoms with E-state index in [0.717, 1.165) is 53.4 Å². The minimum atomic E-state index is -3.48. The van der Waals surface area contributed by atoms with Gasteiger partial charge < -0.3 is 9.13 Å². The summed E-state index contributed by atoms with van der Waals surface area (Å²) in [7, 11) is -10.0. The Labute approximate surface area is 278 Å². The molecule has 0 aromatic heterocycles. The zero-order valence-electron chi connectivity index (χ0n) is 26.5. The van der Waals surface area contributed by atoms with Crippen LogP contribution in [-0.4, -0.2) is 8.07 Å². The smallest absolute Gasteiger partial charge is 0.164 e. The second-order valence-corrected chi connectivity index (χ2v) is 22.9. The van der Waals surface area contributed by atoms with Crippen LogP contribution in [0.25, 0.3) is 11.1 Å². The predicted octanol–water partition coefficient (Wildman–Crippen LogP) is 9.64. The predicted molar refractivity (Wildman–Crippen MR) is 204 cm³/mol. The minimum Gasteiger partial charge on any atom is -0.309 e. The first-order valence-electron chi connectivity index (χ1n) is 15.9. The standard InChI is InChI=1S/C42H36O2P2Si/c1-47(2)41(45(43,35-25-13-5-14-26-35)36-27-15-6-16-28-36)39(33-21-9-3-10-22-33)40(34-23-11-4-12-24-34)42(47)46(44,37-29-17-7-18-30-37)38-31-19-8-20-32-38/h3-32H,1-2H3. The number of allylic oxidation sites excluding steroid dienone is 2. The molecule has 0 saturated heterocycles. The maximum Gasteiger partial charge on any atom is 0.164 e. The van der Waals surface area contributed by atoms with Gasteiger partial charge in [0.1, 0.15) is 8.07 Å². The Bertz CT molecular complexity index is 1930. The molecule has 7 rings (SSSR count). The van der Waals surface area contributed by atoms with Gasteiger partial charge in [0.2, 0.25) is 0 Å². The summed E-state index contributed by atoms with van der Waals surface area (Å²) in [6.07, 6.45) is 0. The average molecular weight is 663 g/mol. The van der Waals surface area contributed by atoms with Crippen molar-refractivity contribution < 1.29 is 9.13 Å². The summed E-state index contributed by atoms with van der Waals surface area (Å²) in [6.45, 7) is 4.54. The molecule has 0 saturated carbocycles. The van der Waals surface area contributed by atoms with Crippen molar-refractivity contribution in [3.8, 4) is 0 Å². The fourth-order valence-corrected chi connectivity index (χ4v) is 23.1. The van der Waals surface area contributed by atoms with Crippen LogP contribution in [0.15, 0.2) is 192 Å². The molecule has 0 aliphatic carbocycles. The topological polar surface area (TPSA) is 34.1 Å². The van der Waals surface area contributed by atoms with Crippen LogP contribution >= 0.6 is 14.3 Å². The van der Waals surface area contributed by atoms with Crippen molar-refractivity contribution in [2.24, 2.45) is 0 Å². The molecule has 1 heterocycles. The summed E-state index contributed by atoms with van der Waals surface area (Å²) in [5.74, 6) is 0. The highest BCUT2D eigenvalue weighted by Gasteiger charge is 2.56. The van der Waals surface area contributed by atoms with Crippen LogP contribution < -0.4 is 21.2 Å². The van der Waals surface area contributed by atoms with Crippen LogP contribution in [0.2, 0.25) is 13.1 Å². The van der Waals surface area contributed by atoms with E-state index in [1.54, 1.807) is 0 Å². The highest BCUT2D eigenvalue weighted by molar-refractivity contribution is 7.89. The van der Waals surface area contributed by atoms with Gasteiger partial charge in [-0.25, -0.2) is 0 Å². The number of benzene rings is 6. The summed E-state index contributed by atoms with van der Waals surface area (Å²) < 4.78 is 33.2. The van der Waals surface area contributed by atoms with Crippen molar-refractivity contribution in [1.82, 2.24) is 0 Å². The summed E-state index contributed by atoms with van der Waals surface area (Å²) in [6, 6.07) is 60.3. The fraction of sp³-hybridized carbons (Fsp3) is 0.0476. The molecule has 0 amide bonds. The molecule has 5 heteroatoms.